The van der Waals surface area contributed by atoms with Crippen LogP contribution in [0.4, 0.5) is 0 Å². The Morgan fingerprint density at radius 2 is 1.94 bits per heavy atom. The first-order chi connectivity index (χ1) is 7.11. The number of nitrogens with zero attached hydrogens (tertiary/aromatic N) is 2. The third-order valence-corrected chi connectivity index (χ3v) is 3.20. The van der Waals surface area contributed by atoms with E-state index in [0.717, 1.165) is 6.54 Å². The molecule has 1 rings (SSSR count). The Bertz CT molecular complexity index is 280. The molecule has 1 aliphatic heterocycles. The lowest BCUT2D eigenvalue weighted by Gasteiger charge is -2.55. The minimum Gasteiger partial charge on any atom is -0.343 e. The van der Waals surface area contributed by atoms with Crippen LogP contribution >= 0.6 is 0 Å². The number of carbonyl (C=O) groups is 1. The summed E-state index contributed by atoms with van der Waals surface area (Å²) >= 11 is 0. The minimum absolute atomic E-state index is 0.0368. The molecule has 0 saturated carbocycles. The van der Waals surface area contributed by atoms with E-state index in [1.54, 1.807) is 4.90 Å². The first-order valence-electron chi connectivity index (χ1n) is 5.86. The van der Waals surface area contributed by atoms with E-state index in [9.17, 15) is 4.79 Å². The Hall–Kier alpha value is -0.610. The SMILES string of the molecule is CN1CC(C)(C)N(C(C)(C)C)C(CN)C1=O. The van der Waals surface area contributed by atoms with Crippen LogP contribution in [0.15, 0.2) is 0 Å². The average Bonchev–Trinajstić information content (AvgIpc) is 2.07. The summed E-state index contributed by atoms with van der Waals surface area (Å²) in [4.78, 5) is 16.1. The topological polar surface area (TPSA) is 49.6 Å². The van der Waals surface area contributed by atoms with Crippen LogP contribution in [0, 0.1) is 0 Å². The van der Waals surface area contributed by atoms with Crippen LogP contribution < -0.4 is 5.73 Å². The van der Waals surface area contributed by atoms with Crippen molar-refractivity contribution in [1.29, 1.82) is 0 Å². The van der Waals surface area contributed by atoms with E-state index in [1.165, 1.54) is 0 Å². The first-order valence-corrected chi connectivity index (χ1v) is 5.86. The van der Waals surface area contributed by atoms with Crippen molar-refractivity contribution in [2.75, 3.05) is 20.1 Å². The molecule has 4 heteroatoms. The number of carbonyl (C=O) groups excluding carboxylic acids is 1. The third kappa shape index (κ3) is 2.23. The van der Waals surface area contributed by atoms with Crippen LogP contribution in [-0.2, 0) is 4.79 Å². The van der Waals surface area contributed by atoms with Gasteiger partial charge in [-0.05, 0) is 34.6 Å². The lowest BCUT2D eigenvalue weighted by molar-refractivity contribution is -0.154. The summed E-state index contributed by atoms with van der Waals surface area (Å²) in [5.41, 5.74) is 5.69. The summed E-state index contributed by atoms with van der Waals surface area (Å²) in [5.74, 6) is 0.136. The van der Waals surface area contributed by atoms with Gasteiger partial charge in [0.15, 0.2) is 0 Å². The minimum atomic E-state index is -0.200. The van der Waals surface area contributed by atoms with Crippen molar-refractivity contribution in [3.8, 4) is 0 Å². The van der Waals surface area contributed by atoms with Gasteiger partial charge < -0.3 is 10.6 Å². The van der Waals surface area contributed by atoms with E-state index in [-0.39, 0.29) is 23.0 Å². The zero-order chi connectivity index (χ0) is 12.7. The van der Waals surface area contributed by atoms with Crippen LogP contribution in [0.1, 0.15) is 34.6 Å². The van der Waals surface area contributed by atoms with E-state index in [1.807, 2.05) is 7.05 Å². The number of hydrogen-bond acceptors (Lipinski definition) is 3. The molecule has 1 unspecified atom stereocenters. The highest BCUT2D eigenvalue weighted by Crippen LogP contribution is 2.32. The largest absolute Gasteiger partial charge is 0.343 e. The molecule has 0 radical (unpaired) electrons. The lowest BCUT2D eigenvalue weighted by atomic mass is 9.88. The summed E-state index contributed by atoms with van der Waals surface area (Å²) in [7, 11) is 1.85. The van der Waals surface area contributed by atoms with E-state index in [4.69, 9.17) is 5.73 Å². The molecule has 0 spiro atoms. The maximum atomic E-state index is 12.1. The van der Waals surface area contributed by atoms with Gasteiger partial charge in [-0.2, -0.15) is 0 Å². The predicted molar refractivity (Wildman–Crippen MR) is 66.2 cm³/mol. The second-order valence-corrected chi connectivity index (χ2v) is 6.30. The van der Waals surface area contributed by atoms with E-state index >= 15 is 0 Å². The van der Waals surface area contributed by atoms with Gasteiger partial charge in [-0.3, -0.25) is 9.69 Å². The number of piperazine rings is 1. The highest BCUT2D eigenvalue weighted by molar-refractivity contribution is 5.83. The average molecular weight is 227 g/mol. The molecule has 1 heterocycles. The van der Waals surface area contributed by atoms with Gasteiger partial charge in [0.2, 0.25) is 5.91 Å². The fraction of sp³-hybridized carbons (Fsp3) is 0.917. The number of amides is 1. The van der Waals surface area contributed by atoms with Crippen molar-refractivity contribution in [2.45, 2.75) is 51.7 Å². The molecular formula is C12H25N3O. The molecule has 0 aromatic rings. The van der Waals surface area contributed by atoms with E-state index < -0.39 is 0 Å². The summed E-state index contributed by atoms with van der Waals surface area (Å²) in [5, 5.41) is 0. The van der Waals surface area contributed by atoms with Crippen molar-refractivity contribution in [2.24, 2.45) is 5.73 Å². The Balaban J connectivity index is 3.13. The van der Waals surface area contributed by atoms with E-state index in [0.29, 0.717) is 6.54 Å². The second kappa shape index (κ2) is 4.00. The molecule has 94 valence electrons. The standard InChI is InChI=1S/C12H25N3O/c1-11(2,3)15-9(7-13)10(16)14(6)8-12(15,4)5/h9H,7-8,13H2,1-6H3. The number of nitrogens with two attached hydrogens (primary N) is 1. The Morgan fingerprint density at radius 3 is 2.31 bits per heavy atom. The molecule has 1 saturated heterocycles. The van der Waals surface area contributed by atoms with Crippen LogP contribution in [0.25, 0.3) is 0 Å². The lowest BCUT2D eigenvalue weighted by Crippen LogP contribution is -2.71. The molecule has 1 fully saturated rings. The van der Waals surface area contributed by atoms with Crippen LogP contribution in [0.2, 0.25) is 0 Å². The van der Waals surface area contributed by atoms with Gasteiger partial charge in [-0.15, -0.1) is 0 Å². The summed E-state index contributed by atoms with van der Waals surface area (Å²) < 4.78 is 0. The molecular weight excluding hydrogens is 202 g/mol. The molecule has 0 aliphatic carbocycles. The molecule has 0 bridgehead atoms. The molecule has 4 nitrogen and oxygen atoms in total. The monoisotopic (exact) mass is 227 g/mol. The zero-order valence-corrected chi connectivity index (χ0v) is 11.4. The maximum Gasteiger partial charge on any atom is 0.241 e. The van der Waals surface area contributed by atoms with Crippen molar-refractivity contribution in [3.63, 3.8) is 0 Å². The third-order valence-electron chi connectivity index (χ3n) is 3.20. The van der Waals surface area contributed by atoms with Gasteiger partial charge in [0.05, 0.1) is 0 Å². The number of hydrogen-bond donors (Lipinski definition) is 1. The molecule has 2 N–H and O–H groups in total. The number of rotatable bonds is 1. The predicted octanol–water partition coefficient (Wildman–Crippen LogP) is 0.665. The van der Waals surface area contributed by atoms with Gasteiger partial charge in [-0.25, -0.2) is 0 Å². The summed E-state index contributed by atoms with van der Waals surface area (Å²) in [6, 6.07) is -0.200. The van der Waals surface area contributed by atoms with Gasteiger partial charge >= 0.3 is 0 Å². The molecule has 1 amide bonds. The van der Waals surface area contributed by atoms with Gasteiger partial charge in [0.1, 0.15) is 6.04 Å². The molecule has 0 aromatic heterocycles. The number of likely N-dealkylation sites (N-methyl/N-ethyl adjacent to an activating group) is 1. The van der Waals surface area contributed by atoms with Crippen molar-refractivity contribution < 1.29 is 4.79 Å². The van der Waals surface area contributed by atoms with Crippen LogP contribution in [-0.4, -0.2) is 53.0 Å². The molecule has 1 aliphatic rings. The Kier molecular flexibility index (Phi) is 3.37. The maximum absolute atomic E-state index is 12.1. The van der Waals surface area contributed by atoms with Gasteiger partial charge in [0, 0.05) is 31.2 Å². The van der Waals surface area contributed by atoms with Crippen LogP contribution in [0.3, 0.4) is 0 Å². The highest BCUT2D eigenvalue weighted by atomic mass is 16.2. The molecule has 0 aromatic carbocycles. The fourth-order valence-electron chi connectivity index (χ4n) is 3.10. The normalized spacial score (nSPS) is 27.3. The highest BCUT2D eigenvalue weighted by Gasteiger charge is 2.47. The van der Waals surface area contributed by atoms with Gasteiger partial charge in [-0.1, -0.05) is 0 Å². The quantitative estimate of drug-likeness (QED) is 0.716. The van der Waals surface area contributed by atoms with Gasteiger partial charge in [0.25, 0.3) is 0 Å². The summed E-state index contributed by atoms with van der Waals surface area (Å²) in [6.45, 7) is 11.9. The zero-order valence-electron chi connectivity index (χ0n) is 11.4. The smallest absolute Gasteiger partial charge is 0.241 e. The molecule has 16 heavy (non-hydrogen) atoms. The molecule has 1 atom stereocenters. The Morgan fingerprint density at radius 1 is 1.44 bits per heavy atom. The van der Waals surface area contributed by atoms with Crippen LogP contribution in [0.5, 0.6) is 0 Å². The second-order valence-electron chi connectivity index (χ2n) is 6.30. The Labute approximate surface area is 98.8 Å². The summed E-state index contributed by atoms with van der Waals surface area (Å²) in [6.07, 6.45) is 0. The van der Waals surface area contributed by atoms with Crippen molar-refractivity contribution in [3.05, 3.63) is 0 Å². The fourth-order valence-corrected chi connectivity index (χ4v) is 3.10. The van der Waals surface area contributed by atoms with E-state index in [2.05, 4.69) is 39.5 Å². The van der Waals surface area contributed by atoms with Crippen molar-refractivity contribution in [1.82, 2.24) is 9.80 Å². The van der Waals surface area contributed by atoms with Crippen molar-refractivity contribution >= 4 is 5.91 Å². The first kappa shape index (κ1) is 13.5.